The van der Waals surface area contributed by atoms with E-state index < -0.39 is 0 Å². The predicted molar refractivity (Wildman–Crippen MR) is 40.7 cm³/mol. The smallest absolute Gasteiger partial charge is 0.158 e. The van der Waals surface area contributed by atoms with Gasteiger partial charge in [0.25, 0.3) is 0 Å². The van der Waals surface area contributed by atoms with E-state index in [0.717, 1.165) is 5.76 Å². The molecule has 0 saturated heterocycles. The fraction of sp³-hybridized carbons (Fsp3) is 0.625. The molecule has 0 spiro atoms. The quantitative estimate of drug-likeness (QED) is 0.444. The molecule has 0 aromatic carbocycles. The average Bonchev–Trinajstić information content (AvgIpc) is 1.87. The number of hydrogen-bond donors (Lipinski definition) is 0. The summed E-state index contributed by atoms with van der Waals surface area (Å²) in [5.74, 6) is 0.806. The van der Waals surface area contributed by atoms with Gasteiger partial charge < -0.3 is 4.74 Å². The number of carbonyl (C=O) groups excluding carboxylic acids is 1. The SMILES string of the molecule is CCO/C(C)=C(\C)C(C)=O. The molecule has 0 saturated carbocycles. The Morgan fingerprint density at radius 1 is 1.30 bits per heavy atom. The van der Waals surface area contributed by atoms with Crippen LogP contribution in [-0.4, -0.2) is 12.4 Å². The number of carbonyl (C=O) groups is 1. The van der Waals surface area contributed by atoms with Crippen molar-refractivity contribution in [2.24, 2.45) is 0 Å². The van der Waals surface area contributed by atoms with Crippen LogP contribution in [0, 0.1) is 0 Å². The fourth-order valence-corrected chi connectivity index (χ4v) is 0.573. The van der Waals surface area contributed by atoms with Crippen LogP contribution in [0.25, 0.3) is 0 Å². The van der Waals surface area contributed by atoms with E-state index in [1.165, 1.54) is 6.92 Å². The molecule has 2 heteroatoms. The van der Waals surface area contributed by atoms with Gasteiger partial charge in [-0.2, -0.15) is 0 Å². The van der Waals surface area contributed by atoms with Crippen LogP contribution in [0.1, 0.15) is 27.7 Å². The first kappa shape index (κ1) is 9.21. The maximum atomic E-state index is 10.7. The monoisotopic (exact) mass is 142 g/mol. The van der Waals surface area contributed by atoms with Crippen molar-refractivity contribution in [3.8, 4) is 0 Å². The summed E-state index contributed by atoms with van der Waals surface area (Å²) in [5, 5.41) is 0. The Morgan fingerprint density at radius 3 is 2.10 bits per heavy atom. The van der Waals surface area contributed by atoms with E-state index in [1.807, 2.05) is 6.92 Å². The first-order chi connectivity index (χ1) is 4.59. The van der Waals surface area contributed by atoms with E-state index in [9.17, 15) is 4.79 Å². The molecule has 0 unspecified atom stereocenters. The number of allylic oxidation sites excluding steroid dienone is 2. The number of rotatable bonds is 3. The van der Waals surface area contributed by atoms with Crippen molar-refractivity contribution >= 4 is 5.78 Å². The van der Waals surface area contributed by atoms with Gasteiger partial charge in [0, 0.05) is 5.57 Å². The van der Waals surface area contributed by atoms with E-state index in [-0.39, 0.29) is 5.78 Å². The van der Waals surface area contributed by atoms with Gasteiger partial charge in [-0.15, -0.1) is 0 Å². The van der Waals surface area contributed by atoms with Crippen molar-refractivity contribution in [1.29, 1.82) is 0 Å². The summed E-state index contributed by atoms with van der Waals surface area (Å²) in [4.78, 5) is 10.7. The van der Waals surface area contributed by atoms with Gasteiger partial charge in [-0.3, -0.25) is 4.79 Å². The lowest BCUT2D eigenvalue weighted by molar-refractivity contribution is -0.113. The molecule has 0 aromatic rings. The van der Waals surface area contributed by atoms with Crippen molar-refractivity contribution in [1.82, 2.24) is 0 Å². The zero-order valence-electron chi connectivity index (χ0n) is 7.02. The Morgan fingerprint density at radius 2 is 1.80 bits per heavy atom. The minimum Gasteiger partial charge on any atom is -0.498 e. The molecule has 0 aromatic heterocycles. The van der Waals surface area contributed by atoms with Gasteiger partial charge in [-0.25, -0.2) is 0 Å². The molecule has 0 aliphatic heterocycles. The molecule has 0 N–H and O–H groups in total. The molecule has 2 nitrogen and oxygen atoms in total. The van der Waals surface area contributed by atoms with Crippen LogP contribution in [0.5, 0.6) is 0 Å². The summed E-state index contributed by atoms with van der Waals surface area (Å²) in [6.07, 6.45) is 0. The van der Waals surface area contributed by atoms with Crippen molar-refractivity contribution < 1.29 is 9.53 Å². The highest BCUT2D eigenvalue weighted by Gasteiger charge is 2.01. The van der Waals surface area contributed by atoms with Crippen LogP contribution >= 0.6 is 0 Å². The fourth-order valence-electron chi connectivity index (χ4n) is 0.573. The molecule has 0 rings (SSSR count). The Labute approximate surface area is 61.9 Å². The van der Waals surface area contributed by atoms with Crippen LogP contribution < -0.4 is 0 Å². The molecule has 0 aliphatic carbocycles. The van der Waals surface area contributed by atoms with Crippen LogP contribution in [0.15, 0.2) is 11.3 Å². The second-order valence-corrected chi connectivity index (χ2v) is 2.17. The molecule has 0 radical (unpaired) electrons. The molecule has 10 heavy (non-hydrogen) atoms. The zero-order chi connectivity index (χ0) is 8.15. The summed E-state index contributed by atoms with van der Waals surface area (Å²) >= 11 is 0. The Hall–Kier alpha value is -0.790. The Kier molecular flexibility index (Phi) is 3.77. The van der Waals surface area contributed by atoms with Crippen molar-refractivity contribution in [2.75, 3.05) is 6.61 Å². The van der Waals surface area contributed by atoms with E-state index in [1.54, 1.807) is 13.8 Å². The molecule has 0 atom stereocenters. The van der Waals surface area contributed by atoms with Gasteiger partial charge in [0.15, 0.2) is 5.78 Å². The third-order valence-electron chi connectivity index (χ3n) is 1.42. The van der Waals surface area contributed by atoms with Gasteiger partial charge in [-0.05, 0) is 27.7 Å². The maximum Gasteiger partial charge on any atom is 0.158 e. The van der Waals surface area contributed by atoms with E-state index >= 15 is 0 Å². The molecular weight excluding hydrogens is 128 g/mol. The predicted octanol–water partition coefficient (Wildman–Crippen LogP) is 1.91. The first-order valence-corrected chi connectivity index (χ1v) is 3.40. The highest BCUT2D eigenvalue weighted by atomic mass is 16.5. The van der Waals surface area contributed by atoms with Gasteiger partial charge in [0.05, 0.1) is 12.4 Å². The average molecular weight is 142 g/mol. The van der Waals surface area contributed by atoms with Crippen molar-refractivity contribution in [3.63, 3.8) is 0 Å². The molecule has 0 fully saturated rings. The lowest BCUT2D eigenvalue weighted by Crippen LogP contribution is -1.98. The summed E-state index contributed by atoms with van der Waals surface area (Å²) in [6, 6.07) is 0. The van der Waals surface area contributed by atoms with E-state index in [0.29, 0.717) is 12.2 Å². The number of ketones is 1. The molecule has 58 valence electrons. The van der Waals surface area contributed by atoms with Crippen molar-refractivity contribution in [2.45, 2.75) is 27.7 Å². The Bertz CT molecular complexity index is 157. The van der Waals surface area contributed by atoms with Gasteiger partial charge in [0.2, 0.25) is 0 Å². The molecule has 0 aliphatic rings. The van der Waals surface area contributed by atoms with Crippen molar-refractivity contribution in [3.05, 3.63) is 11.3 Å². The van der Waals surface area contributed by atoms with Gasteiger partial charge >= 0.3 is 0 Å². The summed E-state index contributed by atoms with van der Waals surface area (Å²) in [5.41, 5.74) is 0.710. The van der Waals surface area contributed by atoms with Crippen LogP contribution in [0.3, 0.4) is 0 Å². The standard InChI is InChI=1S/C8H14O2/c1-5-10-8(4)6(2)7(3)9/h5H2,1-4H3/b8-6+. The number of Topliss-reactive ketones (excluding diaryl/α,β-unsaturated/α-hetero) is 1. The second kappa shape index (κ2) is 4.09. The highest BCUT2D eigenvalue weighted by Crippen LogP contribution is 2.04. The normalized spacial score (nSPS) is 12.4. The maximum absolute atomic E-state index is 10.7. The minimum atomic E-state index is 0.0750. The van der Waals surface area contributed by atoms with E-state index in [2.05, 4.69) is 0 Å². The lowest BCUT2D eigenvalue weighted by atomic mass is 10.2. The minimum absolute atomic E-state index is 0.0750. The highest BCUT2D eigenvalue weighted by molar-refractivity contribution is 5.92. The Balaban J connectivity index is 4.19. The lowest BCUT2D eigenvalue weighted by Gasteiger charge is -2.04. The summed E-state index contributed by atoms with van der Waals surface area (Å²) < 4.78 is 5.12. The molecule has 0 heterocycles. The zero-order valence-corrected chi connectivity index (χ0v) is 7.02. The molecular formula is C8H14O2. The summed E-state index contributed by atoms with van der Waals surface area (Å²) in [6.45, 7) is 7.64. The second-order valence-electron chi connectivity index (χ2n) is 2.17. The topological polar surface area (TPSA) is 26.3 Å². The van der Waals surface area contributed by atoms with Crippen LogP contribution in [0.2, 0.25) is 0 Å². The largest absolute Gasteiger partial charge is 0.498 e. The third-order valence-corrected chi connectivity index (χ3v) is 1.42. The van der Waals surface area contributed by atoms with Gasteiger partial charge in [-0.1, -0.05) is 0 Å². The number of hydrogen-bond acceptors (Lipinski definition) is 2. The van der Waals surface area contributed by atoms with Gasteiger partial charge in [0.1, 0.15) is 0 Å². The third kappa shape index (κ3) is 2.67. The molecule has 0 bridgehead atoms. The number of ether oxygens (including phenoxy) is 1. The van der Waals surface area contributed by atoms with E-state index in [4.69, 9.17) is 4.74 Å². The first-order valence-electron chi connectivity index (χ1n) is 3.40. The summed E-state index contributed by atoms with van der Waals surface area (Å²) in [7, 11) is 0. The van der Waals surface area contributed by atoms with Crippen LogP contribution in [-0.2, 0) is 9.53 Å². The van der Waals surface area contributed by atoms with Crippen LogP contribution in [0.4, 0.5) is 0 Å². The molecule has 0 amide bonds.